The third-order valence-electron chi connectivity index (χ3n) is 3.74. The molecule has 1 unspecified atom stereocenters. The molecule has 0 heterocycles. The lowest BCUT2D eigenvalue weighted by Crippen LogP contribution is -2.37. The Balaban J connectivity index is 2.22. The number of amides is 2. The molecule has 1 atom stereocenters. The van der Waals surface area contributed by atoms with Crippen LogP contribution in [0.4, 0.5) is 5.69 Å². The molecule has 2 amide bonds. The van der Waals surface area contributed by atoms with Crippen molar-refractivity contribution in [1.82, 2.24) is 5.32 Å². The highest BCUT2D eigenvalue weighted by Crippen LogP contribution is 2.22. The van der Waals surface area contributed by atoms with Gasteiger partial charge < -0.3 is 10.6 Å². The van der Waals surface area contributed by atoms with E-state index < -0.39 is 6.04 Å². The summed E-state index contributed by atoms with van der Waals surface area (Å²) >= 11 is 3.41. The van der Waals surface area contributed by atoms with E-state index >= 15 is 0 Å². The van der Waals surface area contributed by atoms with E-state index in [1.54, 1.807) is 0 Å². The minimum absolute atomic E-state index is 0.133. The molecule has 132 valence electrons. The first kappa shape index (κ1) is 19.2. The fourth-order valence-electron chi connectivity index (χ4n) is 2.51. The van der Waals surface area contributed by atoms with Crippen molar-refractivity contribution in [3.63, 3.8) is 0 Å². The topological polar surface area (TPSA) is 58.2 Å². The van der Waals surface area contributed by atoms with Gasteiger partial charge in [0.1, 0.15) is 6.04 Å². The SMILES string of the molecule is Cc1cc(Br)ccc1NC(=O)C(NC(=O)CC(C)C)c1ccccc1. The molecule has 2 rings (SSSR count). The van der Waals surface area contributed by atoms with E-state index in [2.05, 4.69) is 26.6 Å². The lowest BCUT2D eigenvalue weighted by molar-refractivity contribution is -0.127. The zero-order chi connectivity index (χ0) is 18.4. The van der Waals surface area contributed by atoms with Crippen LogP contribution in [0.15, 0.2) is 53.0 Å². The van der Waals surface area contributed by atoms with Crippen LogP contribution in [0.1, 0.15) is 37.4 Å². The number of aryl methyl sites for hydroxylation is 1. The van der Waals surface area contributed by atoms with Crippen molar-refractivity contribution in [2.45, 2.75) is 33.2 Å². The van der Waals surface area contributed by atoms with E-state index in [0.717, 1.165) is 21.3 Å². The van der Waals surface area contributed by atoms with E-state index in [9.17, 15) is 9.59 Å². The largest absolute Gasteiger partial charge is 0.341 e. The summed E-state index contributed by atoms with van der Waals surface area (Å²) in [6.45, 7) is 5.87. The number of nitrogens with one attached hydrogen (secondary N) is 2. The lowest BCUT2D eigenvalue weighted by atomic mass is 10.0. The van der Waals surface area contributed by atoms with Gasteiger partial charge in [0.15, 0.2) is 0 Å². The van der Waals surface area contributed by atoms with Gasteiger partial charge in [-0.25, -0.2) is 0 Å². The highest BCUT2D eigenvalue weighted by atomic mass is 79.9. The van der Waals surface area contributed by atoms with Gasteiger partial charge in [0, 0.05) is 16.6 Å². The first-order valence-corrected chi connectivity index (χ1v) is 9.07. The molecular formula is C20H23BrN2O2. The third-order valence-corrected chi connectivity index (χ3v) is 4.23. The number of rotatable bonds is 6. The van der Waals surface area contributed by atoms with Gasteiger partial charge in [0.2, 0.25) is 5.91 Å². The molecule has 0 fully saturated rings. The summed E-state index contributed by atoms with van der Waals surface area (Å²) in [7, 11) is 0. The molecule has 0 saturated heterocycles. The molecule has 2 aromatic carbocycles. The van der Waals surface area contributed by atoms with Gasteiger partial charge in [0.25, 0.3) is 5.91 Å². The predicted octanol–water partition coefficient (Wildman–Crippen LogP) is 4.60. The molecule has 25 heavy (non-hydrogen) atoms. The first-order valence-electron chi connectivity index (χ1n) is 8.28. The van der Waals surface area contributed by atoms with Gasteiger partial charge in [-0.3, -0.25) is 9.59 Å². The maximum Gasteiger partial charge on any atom is 0.251 e. The predicted molar refractivity (Wildman–Crippen MR) is 104 cm³/mol. The van der Waals surface area contributed by atoms with Crippen LogP contribution in [0.5, 0.6) is 0 Å². The number of anilines is 1. The maximum absolute atomic E-state index is 12.8. The number of benzene rings is 2. The second-order valence-corrected chi connectivity index (χ2v) is 7.37. The van der Waals surface area contributed by atoms with Crippen molar-refractivity contribution in [2.24, 2.45) is 5.92 Å². The van der Waals surface area contributed by atoms with Crippen molar-refractivity contribution in [3.8, 4) is 0 Å². The highest BCUT2D eigenvalue weighted by Gasteiger charge is 2.23. The normalized spacial score (nSPS) is 11.9. The van der Waals surface area contributed by atoms with E-state index in [4.69, 9.17) is 0 Å². The summed E-state index contributed by atoms with van der Waals surface area (Å²) in [5.41, 5.74) is 2.43. The maximum atomic E-state index is 12.8. The monoisotopic (exact) mass is 402 g/mol. The number of halogens is 1. The van der Waals surface area contributed by atoms with Gasteiger partial charge in [0.05, 0.1) is 0 Å². The summed E-state index contributed by atoms with van der Waals surface area (Å²) < 4.78 is 0.952. The summed E-state index contributed by atoms with van der Waals surface area (Å²) in [6, 6.07) is 14.2. The Morgan fingerprint density at radius 2 is 1.76 bits per heavy atom. The molecule has 0 radical (unpaired) electrons. The molecule has 0 aliphatic heterocycles. The molecule has 0 aliphatic rings. The lowest BCUT2D eigenvalue weighted by Gasteiger charge is -2.20. The molecule has 2 N–H and O–H groups in total. The van der Waals surface area contributed by atoms with Crippen molar-refractivity contribution in [1.29, 1.82) is 0 Å². The van der Waals surface area contributed by atoms with Crippen molar-refractivity contribution >= 4 is 33.4 Å². The molecule has 0 spiro atoms. The Morgan fingerprint density at radius 3 is 2.36 bits per heavy atom. The van der Waals surface area contributed by atoms with E-state index in [1.165, 1.54) is 0 Å². The Kier molecular flexibility index (Phi) is 6.76. The molecule has 0 aromatic heterocycles. The average molecular weight is 403 g/mol. The Morgan fingerprint density at radius 1 is 1.08 bits per heavy atom. The van der Waals surface area contributed by atoms with E-state index in [-0.39, 0.29) is 17.7 Å². The Bertz CT molecular complexity index is 745. The summed E-state index contributed by atoms with van der Waals surface area (Å²) in [5, 5.41) is 5.78. The van der Waals surface area contributed by atoms with E-state index in [1.807, 2.05) is 69.3 Å². The van der Waals surface area contributed by atoms with Crippen LogP contribution in [-0.2, 0) is 9.59 Å². The molecule has 0 bridgehead atoms. The van der Waals surface area contributed by atoms with Crippen LogP contribution in [-0.4, -0.2) is 11.8 Å². The third kappa shape index (κ3) is 5.71. The number of hydrogen-bond acceptors (Lipinski definition) is 2. The van der Waals surface area contributed by atoms with Crippen LogP contribution >= 0.6 is 15.9 Å². The second kappa shape index (κ2) is 8.81. The summed E-state index contributed by atoms with van der Waals surface area (Å²) in [5.74, 6) is -0.159. The average Bonchev–Trinajstić information content (AvgIpc) is 2.55. The minimum Gasteiger partial charge on any atom is -0.341 e. The van der Waals surface area contributed by atoms with Gasteiger partial charge in [-0.1, -0.05) is 60.1 Å². The molecule has 5 heteroatoms. The van der Waals surface area contributed by atoms with Crippen LogP contribution in [0.3, 0.4) is 0 Å². The van der Waals surface area contributed by atoms with Gasteiger partial charge >= 0.3 is 0 Å². The smallest absolute Gasteiger partial charge is 0.251 e. The van der Waals surface area contributed by atoms with Crippen LogP contribution in [0.25, 0.3) is 0 Å². The van der Waals surface area contributed by atoms with Crippen LogP contribution < -0.4 is 10.6 Å². The number of carbonyl (C=O) groups is 2. The molecule has 0 saturated carbocycles. The van der Waals surface area contributed by atoms with Gasteiger partial charge in [-0.2, -0.15) is 0 Å². The minimum atomic E-state index is -0.726. The summed E-state index contributed by atoms with van der Waals surface area (Å²) in [6.07, 6.45) is 0.383. The molecule has 2 aromatic rings. The molecular weight excluding hydrogens is 380 g/mol. The summed E-state index contributed by atoms with van der Waals surface area (Å²) in [4.78, 5) is 25.0. The Hall–Kier alpha value is -2.14. The highest BCUT2D eigenvalue weighted by molar-refractivity contribution is 9.10. The van der Waals surface area contributed by atoms with Crippen molar-refractivity contribution in [2.75, 3.05) is 5.32 Å². The first-order chi connectivity index (χ1) is 11.9. The number of hydrogen-bond donors (Lipinski definition) is 2. The van der Waals surface area contributed by atoms with Crippen LogP contribution in [0.2, 0.25) is 0 Å². The van der Waals surface area contributed by atoms with Crippen molar-refractivity contribution < 1.29 is 9.59 Å². The van der Waals surface area contributed by atoms with Crippen molar-refractivity contribution in [3.05, 3.63) is 64.1 Å². The zero-order valence-electron chi connectivity index (χ0n) is 14.7. The van der Waals surface area contributed by atoms with E-state index in [0.29, 0.717) is 6.42 Å². The fourth-order valence-corrected chi connectivity index (χ4v) is 2.98. The fraction of sp³-hybridized carbons (Fsp3) is 0.300. The Labute approximate surface area is 157 Å². The molecule has 0 aliphatic carbocycles. The standard InChI is InChI=1S/C20H23BrN2O2/c1-13(2)11-18(24)23-19(15-7-5-4-6-8-15)20(25)22-17-10-9-16(21)12-14(17)3/h4-10,12-13,19H,11H2,1-3H3,(H,22,25)(H,23,24). The van der Waals surface area contributed by atoms with Gasteiger partial charge in [-0.05, 0) is 42.2 Å². The zero-order valence-corrected chi connectivity index (χ0v) is 16.3. The quantitative estimate of drug-likeness (QED) is 0.741. The number of carbonyl (C=O) groups excluding carboxylic acids is 2. The van der Waals surface area contributed by atoms with Crippen LogP contribution in [0, 0.1) is 12.8 Å². The second-order valence-electron chi connectivity index (χ2n) is 6.46. The molecule has 4 nitrogen and oxygen atoms in total. The van der Waals surface area contributed by atoms with Gasteiger partial charge in [-0.15, -0.1) is 0 Å².